The highest BCUT2D eigenvalue weighted by Crippen LogP contribution is 2.28. The predicted molar refractivity (Wildman–Crippen MR) is 223 cm³/mol. The van der Waals surface area contributed by atoms with Gasteiger partial charge in [-0.3, -0.25) is 24.0 Å². The number of aromatic nitrogens is 1. The first-order chi connectivity index (χ1) is 26.9. The molecule has 1 unspecified atom stereocenters. The molecule has 1 aromatic heterocycles. The summed E-state index contributed by atoms with van der Waals surface area (Å²) in [5.41, 5.74) is 7.18. The standard InChI is InChI=1S/C46H50N4O7/c1-29-35(18-23-39(47)51)28-50(27-31-15-21-37(56-7)22-16-31)43(54)41(29)49-42(53)38(48-40(52)26-32-12-17-33-10-8-9-11-34(33)24-32)25-30-13-19-36(20-14-30)46(5,6)44(55)57-45(2,3)4/h8-24,28,38H,25-27H2,1-7H3,(H2,47,51)(H,48,52)(H,49,53). The van der Waals surface area contributed by atoms with Gasteiger partial charge in [0, 0.05) is 18.7 Å². The third kappa shape index (κ3) is 10.8. The van der Waals surface area contributed by atoms with Crippen LogP contribution >= 0.6 is 0 Å². The van der Waals surface area contributed by atoms with Crippen LogP contribution in [0.3, 0.4) is 0 Å². The third-order valence-electron chi connectivity index (χ3n) is 9.62. The van der Waals surface area contributed by atoms with E-state index in [0.717, 1.165) is 27.5 Å². The van der Waals surface area contributed by atoms with Crippen molar-refractivity contribution >= 4 is 46.2 Å². The average molecular weight is 771 g/mol. The molecule has 296 valence electrons. The van der Waals surface area contributed by atoms with Gasteiger partial charge in [0.15, 0.2) is 0 Å². The number of rotatable bonds is 14. The second-order valence-corrected chi connectivity index (χ2v) is 15.6. The van der Waals surface area contributed by atoms with Crippen molar-refractivity contribution in [2.24, 2.45) is 5.73 Å². The predicted octanol–water partition coefficient (Wildman–Crippen LogP) is 6.39. The number of carbonyl (C=O) groups is 4. The quantitative estimate of drug-likeness (QED) is 0.0872. The molecule has 0 aliphatic carbocycles. The van der Waals surface area contributed by atoms with Crippen LogP contribution in [0.4, 0.5) is 5.69 Å². The van der Waals surface area contributed by atoms with Gasteiger partial charge in [0.25, 0.3) is 5.56 Å². The van der Waals surface area contributed by atoms with E-state index in [4.69, 9.17) is 15.2 Å². The lowest BCUT2D eigenvalue weighted by Crippen LogP contribution is -2.46. The minimum atomic E-state index is -1.11. The molecule has 3 amide bonds. The van der Waals surface area contributed by atoms with E-state index in [2.05, 4.69) is 10.6 Å². The van der Waals surface area contributed by atoms with Crippen molar-refractivity contribution in [1.82, 2.24) is 9.88 Å². The van der Waals surface area contributed by atoms with Crippen LogP contribution in [0.15, 0.2) is 108 Å². The van der Waals surface area contributed by atoms with Crippen molar-refractivity contribution in [1.29, 1.82) is 0 Å². The van der Waals surface area contributed by atoms with Gasteiger partial charge in [0.1, 0.15) is 23.1 Å². The minimum Gasteiger partial charge on any atom is -0.497 e. The monoisotopic (exact) mass is 770 g/mol. The SMILES string of the molecule is COc1ccc(Cn2cc(C=CC(N)=O)c(C)c(NC(=O)C(Cc3ccc(C(C)(C)C(=O)OC(C)(C)C)cc3)NC(=O)Cc3ccc4ccccc4c3)c2=O)cc1. The number of amides is 3. The van der Waals surface area contributed by atoms with E-state index in [1.165, 1.54) is 16.7 Å². The first-order valence-electron chi connectivity index (χ1n) is 18.7. The molecule has 57 heavy (non-hydrogen) atoms. The molecule has 0 radical (unpaired) electrons. The second kappa shape index (κ2) is 17.5. The van der Waals surface area contributed by atoms with E-state index in [9.17, 15) is 24.0 Å². The lowest BCUT2D eigenvalue weighted by Gasteiger charge is -2.29. The molecule has 0 bridgehead atoms. The molecular weight excluding hydrogens is 721 g/mol. The zero-order valence-electron chi connectivity index (χ0n) is 33.5. The topological polar surface area (TPSA) is 159 Å². The fourth-order valence-corrected chi connectivity index (χ4v) is 6.32. The van der Waals surface area contributed by atoms with Gasteiger partial charge in [0.2, 0.25) is 17.7 Å². The van der Waals surface area contributed by atoms with Gasteiger partial charge in [-0.1, -0.05) is 78.9 Å². The van der Waals surface area contributed by atoms with Gasteiger partial charge in [-0.15, -0.1) is 0 Å². The van der Waals surface area contributed by atoms with E-state index < -0.39 is 34.4 Å². The number of pyridine rings is 1. The molecule has 1 heterocycles. The zero-order chi connectivity index (χ0) is 41.5. The van der Waals surface area contributed by atoms with Gasteiger partial charge in [-0.2, -0.15) is 0 Å². The number of fused-ring (bicyclic) bond motifs is 1. The summed E-state index contributed by atoms with van der Waals surface area (Å²) in [6.45, 7) is 10.8. The molecule has 11 heteroatoms. The van der Waals surface area contributed by atoms with Gasteiger partial charge in [-0.25, -0.2) is 0 Å². The average Bonchev–Trinajstić information content (AvgIpc) is 3.16. The van der Waals surface area contributed by atoms with Gasteiger partial charge >= 0.3 is 5.97 Å². The lowest BCUT2D eigenvalue weighted by atomic mass is 9.84. The molecule has 4 aromatic carbocycles. The molecule has 0 aliphatic rings. The van der Waals surface area contributed by atoms with E-state index >= 15 is 0 Å². The van der Waals surface area contributed by atoms with Crippen molar-refractivity contribution < 1.29 is 28.7 Å². The van der Waals surface area contributed by atoms with Crippen LogP contribution in [0.1, 0.15) is 68.0 Å². The Morgan fingerprint density at radius 1 is 0.842 bits per heavy atom. The summed E-state index contributed by atoms with van der Waals surface area (Å²) >= 11 is 0. The fourth-order valence-electron chi connectivity index (χ4n) is 6.32. The number of anilines is 1. The zero-order valence-corrected chi connectivity index (χ0v) is 33.5. The van der Waals surface area contributed by atoms with E-state index in [1.807, 2.05) is 87.5 Å². The summed E-state index contributed by atoms with van der Waals surface area (Å²) in [4.78, 5) is 66.8. The fraction of sp³-hybridized carbons (Fsp3) is 0.283. The molecule has 0 aliphatic heterocycles. The number of nitrogens with two attached hydrogens (primary N) is 1. The summed E-state index contributed by atoms with van der Waals surface area (Å²) < 4.78 is 12.4. The van der Waals surface area contributed by atoms with Crippen molar-refractivity contribution in [3.05, 3.63) is 147 Å². The van der Waals surface area contributed by atoms with E-state index in [1.54, 1.807) is 58.3 Å². The molecule has 11 nitrogen and oxygen atoms in total. The summed E-state index contributed by atoms with van der Waals surface area (Å²) in [5, 5.41) is 7.75. The van der Waals surface area contributed by atoms with Crippen LogP contribution in [0, 0.1) is 6.92 Å². The van der Waals surface area contributed by atoms with Gasteiger partial charge in [-0.05, 0) is 104 Å². The van der Waals surface area contributed by atoms with Crippen molar-refractivity contribution in [2.75, 3.05) is 12.4 Å². The highest BCUT2D eigenvalue weighted by Gasteiger charge is 2.34. The maximum absolute atomic E-state index is 14.3. The third-order valence-corrected chi connectivity index (χ3v) is 9.62. The Kier molecular flexibility index (Phi) is 12.8. The van der Waals surface area contributed by atoms with Crippen LogP contribution < -0.4 is 26.7 Å². The number of nitrogens with zero attached hydrogens (tertiary/aromatic N) is 1. The molecule has 0 spiro atoms. The first kappa shape index (κ1) is 41.7. The summed E-state index contributed by atoms with van der Waals surface area (Å²) in [7, 11) is 1.56. The Hall–Kier alpha value is -6.49. The number of carbonyl (C=O) groups excluding carboxylic acids is 4. The van der Waals surface area contributed by atoms with Crippen LogP contribution in [0.25, 0.3) is 16.8 Å². The highest BCUT2D eigenvalue weighted by atomic mass is 16.6. The van der Waals surface area contributed by atoms with Crippen LogP contribution in [0.5, 0.6) is 5.75 Å². The highest BCUT2D eigenvalue weighted by molar-refractivity contribution is 5.99. The number of primary amides is 1. The lowest BCUT2D eigenvalue weighted by molar-refractivity contribution is -0.160. The maximum Gasteiger partial charge on any atom is 0.316 e. The molecule has 5 rings (SSSR count). The van der Waals surface area contributed by atoms with Gasteiger partial charge < -0.3 is 30.4 Å². The van der Waals surface area contributed by atoms with Crippen molar-refractivity contribution in [3.8, 4) is 5.75 Å². The van der Waals surface area contributed by atoms with Crippen LogP contribution in [-0.2, 0) is 48.7 Å². The number of hydrogen-bond donors (Lipinski definition) is 3. The summed E-state index contributed by atoms with van der Waals surface area (Å²) in [6.07, 6.45) is 4.35. The summed E-state index contributed by atoms with van der Waals surface area (Å²) in [5.74, 6) is -1.40. The molecule has 0 saturated heterocycles. The molecule has 4 N–H and O–H groups in total. The normalized spacial score (nSPS) is 12.3. The second-order valence-electron chi connectivity index (χ2n) is 15.6. The Bertz CT molecular complexity index is 2370. The molecular formula is C46H50N4O7. The largest absolute Gasteiger partial charge is 0.497 e. The molecule has 0 fully saturated rings. The summed E-state index contributed by atoms with van der Waals surface area (Å²) in [6, 6.07) is 26.9. The number of benzene rings is 4. The smallest absolute Gasteiger partial charge is 0.316 e. The Balaban J connectivity index is 1.47. The van der Waals surface area contributed by atoms with Crippen LogP contribution in [0.2, 0.25) is 0 Å². The molecule has 5 aromatic rings. The number of esters is 1. The number of nitrogens with one attached hydrogen (secondary N) is 2. The van der Waals surface area contributed by atoms with E-state index in [0.29, 0.717) is 22.4 Å². The van der Waals surface area contributed by atoms with Crippen molar-refractivity contribution in [2.45, 2.75) is 78.0 Å². The van der Waals surface area contributed by atoms with Crippen molar-refractivity contribution in [3.63, 3.8) is 0 Å². The van der Waals surface area contributed by atoms with Crippen LogP contribution in [-0.4, -0.2) is 47.0 Å². The number of hydrogen-bond acceptors (Lipinski definition) is 7. The Morgan fingerprint density at radius 3 is 2.11 bits per heavy atom. The number of ether oxygens (including phenoxy) is 2. The first-order valence-corrected chi connectivity index (χ1v) is 18.7. The Morgan fingerprint density at radius 2 is 1.47 bits per heavy atom. The van der Waals surface area contributed by atoms with Gasteiger partial charge in [0.05, 0.1) is 25.5 Å². The number of methoxy groups -OCH3 is 1. The van der Waals surface area contributed by atoms with E-state index in [-0.39, 0.29) is 37.0 Å². The Labute approximate surface area is 332 Å². The maximum atomic E-state index is 14.3. The molecule has 1 atom stereocenters. The molecule has 0 saturated carbocycles. The minimum absolute atomic E-state index is 0.0108.